The van der Waals surface area contributed by atoms with Crippen molar-refractivity contribution in [2.24, 2.45) is 0 Å². The van der Waals surface area contributed by atoms with Gasteiger partial charge in [-0.1, -0.05) is 30.3 Å². The lowest BCUT2D eigenvalue weighted by Crippen LogP contribution is -2.28. The summed E-state index contributed by atoms with van der Waals surface area (Å²) in [5.74, 6) is 0. The zero-order valence-electron chi connectivity index (χ0n) is 11.7. The standard InChI is InChI=1S/C15H13F3N2O2S/c16-15(17,18)23-19-12-6-8-13(9-7-12)20(14(21)22)10-11-4-2-1-3-5-11/h1-9,19H,10H2,(H,21,22). The van der Waals surface area contributed by atoms with Crippen molar-refractivity contribution in [3.05, 3.63) is 60.2 Å². The van der Waals surface area contributed by atoms with E-state index in [0.29, 0.717) is 5.69 Å². The summed E-state index contributed by atoms with van der Waals surface area (Å²) in [4.78, 5) is 12.5. The fourth-order valence-electron chi connectivity index (χ4n) is 1.86. The van der Waals surface area contributed by atoms with E-state index >= 15 is 0 Å². The number of rotatable bonds is 5. The highest BCUT2D eigenvalue weighted by molar-refractivity contribution is 8.01. The van der Waals surface area contributed by atoms with Crippen LogP contribution >= 0.6 is 11.9 Å². The summed E-state index contributed by atoms with van der Waals surface area (Å²) in [7, 11) is 0. The van der Waals surface area contributed by atoms with Crippen molar-refractivity contribution in [2.45, 2.75) is 12.1 Å². The molecule has 4 nitrogen and oxygen atoms in total. The Balaban J connectivity index is 2.09. The van der Waals surface area contributed by atoms with E-state index in [4.69, 9.17) is 0 Å². The van der Waals surface area contributed by atoms with E-state index in [2.05, 4.69) is 4.72 Å². The topological polar surface area (TPSA) is 52.6 Å². The van der Waals surface area contributed by atoms with Gasteiger partial charge in [-0.2, -0.15) is 13.2 Å². The fraction of sp³-hybridized carbons (Fsp3) is 0.133. The zero-order chi connectivity index (χ0) is 16.9. The number of anilines is 2. The lowest BCUT2D eigenvalue weighted by Gasteiger charge is -2.20. The van der Waals surface area contributed by atoms with E-state index in [1.807, 2.05) is 6.07 Å². The molecule has 0 spiro atoms. The number of hydrogen-bond acceptors (Lipinski definition) is 3. The van der Waals surface area contributed by atoms with Crippen LogP contribution in [0.4, 0.5) is 29.3 Å². The van der Waals surface area contributed by atoms with Crippen LogP contribution in [0.25, 0.3) is 0 Å². The molecule has 0 saturated heterocycles. The quantitative estimate of drug-likeness (QED) is 0.755. The Hall–Kier alpha value is -2.35. The molecule has 0 atom stereocenters. The molecule has 2 aromatic carbocycles. The Morgan fingerprint density at radius 3 is 2.22 bits per heavy atom. The van der Waals surface area contributed by atoms with E-state index in [0.717, 1.165) is 10.5 Å². The molecule has 0 aliphatic heterocycles. The van der Waals surface area contributed by atoms with E-state index in [1.54, 1.807) is 24.3 Å². The van der Waals surface area contributed by atoms with E-state index in [9.17, 15) is 23.1 Å². The normalized spacial score (nSPS) is 11.1. The number of benzene rings is 2. The van der Waals surface area contributed by atoms with Gasteiger partial charge in [0.15, 0.2) is 0 Å². The third-order valence-electron chi connectivity index (χ3n) is 2.88. The molecule has 0 unspecified atom stereocenters. The summed E-state index contributed by atoms with van der Waals surface area (Å²) in [6.07, 6.45) is -1.14. The van der Waals surface area contributed by atoms with Crippen molar-refractivity contribution in [3.8, 4) is 0 Å². The molecule has 1 amide bonds. The van der Waals surface area contributed by atoms with Gasteiger partial charge in [-0.05, 0) is 29.8 Å². The molecule has 0 aliphatic rings. The minimum absolute atomic E-state index is 0.153. The van der Waals surface area contributed by atoms with Crippen LogP contribution in [0.5, 0.6) is 0 Å². The maximum absolute atomic E-state index is 12.1. The second-order valence-corrected chi connectivity index (χ2v) is 5.42. The maximum Gasteiger partial charge on any atom is 0.461 e. The highest BCUT2D eigenvalue weighted by Gasteiger charge is 2.28. The predicted molar refractivity (Wildman–Crippen MR) is 84.4 cm³/mol. The smallest absolute Gasteiger partial charge is 0.461 e. The average molecular weight is 342 g/mol. The van der Waals surface area contributed by atoms with Crippen molar-refractivity contribution in [2.75, 3.05) is 9.62 Å². The van der Waals surface area contributed by atoms with Crippen molar-refractivity contribution in [3.63, 3.8) is 0 Å². The minimum atomic E-state index is -4.39. The number of nitrogens with one attached hydrogen (secondary N) is 1. The molecule has 0 radical (unpaired) electrons. The summed E-state index contributed by atoms with van der Waals surface area (Å²) in [5, 5.41) is 9.32. The van der Waals surface area contributed by atoms with Crippen LogP contribution in [0, 0.1) is 0 Å². The highest BCUT2D eigenvalue weighted by atomic mass is 32.2. The molecule has 0 aliphatic carbocycles. The Kier molecular flexibility index (Phi) is 5.38. The molecule has 2 N–H and O–H groups in total. The van der Waals surface area contributed by atoms with Gasteiger partial charge >= 0.3 is 11.6 Å². The van der Waals surface area contributed by atoms with Gasteiger partial charge in [-0.3, -0.25) is 4.90 Å². The molecule has 2 rings (SSSR count). The van der Waals surface area contributed by atoms with E-state index < -0.39 is 11.6 Å². The first-order chi connectivity index (χ1) is 10.8. The Bertz CT molecular complexity index is 648. The largest absolute Gasteiger partial charge is 0.465 e. The minimum Gasteiger partial charge on any atom is -0.465 e. The van der Waals surface area contributed by atoms with Gasteiger partial charge in [0, 0.05) is 11.4 Å². The Labute approximate surface area is 135 Å². The highest BCUT2D eigenvalue weighted by Crippen LogP contribution is 2.31. The lowest BCUT2D eigenvalue weighted by atomic mass is 10.2. The van der Waals surface area contributed by atoms with Crippen molar-refractivity contribution < 1.29 is 23.1 Å². The first kappa shape index (κ1) is 17.0. The summed E-state index contributed by atoms with van der Waals surface area (Å²) in [6.45, 7) is 0.153. The van der Waals surface area contributed by atoms with Crippen LogP contribution in [0.3, 0.4) is 0 Å². The first-order valence-corrected chi connectivity index (χ1v) is 7.32. The summed E-state index contributed by atoms with van der Waals surface area (Å²) in [5.41, 5.74) is -2.96. The Morgan fingerprint density at radius 2 is 1.70 bits per heavy atom. The van der Waals surface area contributed by atoms with Crippen LogP contribution in [0.15, 0.2) is 54.6 Å². The number of halogens is 3. The van der Waals surface area contributed by atoms with Crippen LogP contribution in [0.1, 0.15) is 5.56 Å². The molecule has 0 aromatic heterocycles. The number of hydrogen-bond donors (Lipinski definition) is 2. The molecular formula is C15H13F3N2O2S. The number of carboxylic acid groups (broad SMARTS) is 1. The first-order valence-electron chi connectivity index (χ1n) is 6.50. The monoisotopic (exact) mass is 342 g/mol. The molecule has 0 saturated carbocycles. The molecule has 0 bridgehead atoms. The van der Waals surface area contributed by atoms with Gasteiger partial charge in [-0.15, -0.1) is 0 Å². The zero-order valence-corrected chi connectivity index (χ0v) is 12.6. The third-order valence-corrected chi connectivity index (χ3v) is 3.45. The Morgan fingerprint density at radius 1 is 1.09 bits per heavy atom. The van der Waals surface area contributed by atoms with E-state index in [-0.39, 0.29) is 24.2 Å². The molecule has 8 heteroatoms. The fourth-order valence-corrected chi connectivity index (χ4v) is 2.23. The van der Waals surface area contributed by atoms with Gasteiger partial charge < -0.3 is 9.83 Å². The van der Waals surface area contributed by atoms with Gasteiger partial charge in [0.2, 0.25) is 0 Å². The summed E-state index contributed by atoms with van der Waals surface area (Å²) < 4.78 is 38.5. The summed E-state index contributed by atoms with van der Waals surface area (Å²) >= 11 is -0.370. The van der Waals surface area contributed by atoms with Crippen LogP contribution in [-0.2, 0) is 6.54 Å². The molecule has 23 heavy (non-hydrogen) atoms. The molecule has 122 valence electrons. The van der Waals surface area contributed by atoms with Gasteiger partial charge in [0.05, 0.1) is 18.5 Å². The average Bonchev–Trinajstić information content (AvgIpc) is 2.51. The van der Waals surface area contributed by atoms with Crippen molar-refractivity contribution in [1.29, 1.82) is 0 Å². The van der Waals surface area contributed by atoms with Crippen LogP contribution in [0.2, 0.25) is 0 Å². The van der Waals surface area contributed by atoms with E-state index in [1.165, 1.54) is 24.3 Å². The number of alkyl halides is 3. The second-order valence-electron chi connectivity index (χ2n) is 4.55. The number of amides is 1. The van der Waals surface area contributed by atoms with Gasteiger partial charge in [0.25, 0.3) is 0 Å². The van der Waals surface area contributed by atoms with Crippen LogP contribution < -0.4 is 9.62 Å². The second kappa shape index (κ2) is 7.28. The SMILES string of the molecule is O=C(O)N(Cc1ccccc1)c1ccc(NSC(F)(F)F)cc1. The lowest BCUT2D eigenvalue weighted by molar-refractivity contribution is -0.0323. The number of carbonyl (C=O) groups is 1. The molecular weight excluding hydrogens is 329 g/mol. The van der Waals surface area contributed by atoms with Crippen molar-refractivity contribution >= 4 is 29.4 Å². The van der Waals surface area contributed by atoms with Crippen LogP contribution in [-0.4, -0.2) is 16.7 Å². The predicted octanol–water partition coefficient (Wildman–Crippen LogP) is 4.95. The summed E-state index contributed by atoms with van der Waals surface area (Å²) in [6, 6.07) is 14.7. The van der Waals surface area contributed by atoms with Crippen molar-refractivity contribution in [1.82, 2.24) is 0 Å². The molecule has 2 aromatic rings. The third kappa shape index (κ3) is 5.41. The molecule has 0 heterocycles. The van der Waals surface area contributed by atoms with Gasteiger partial charge in [0.1, 0.15) is 0 Å². The maximum atomic E-state index is 12.1. The molecule has 0 fully saturated rings. The number of nitrogens with zero attached hydrogens (tertiary/aromatic N) is 1. The van der Waals surface area contributed by atoms with Gasteiger partial charge in [-0.25, -0.2) is 4.79 Å².